The zero-order valence-electron chi connectivity index (χ0n) is 10.8. The Morgan fingerprint density at radius 1 is 1.37 bits per heavy atom. The lowest BCUT2D eigenvalue weighted by atomic mass is 10.1. The second-order valence-corrected chi connectivity index (χ2v) is 4.71. The SMILES string of the molecule is CC1=NNC(c2ccc(F)c(N3CCNCC3)c2)O1. The van der Waals surface area contributed by atoms with E-state index in [1.54, 1.807) is 13.0 Å². The number of benzene rings is 1. The number of piperazine rings is 1. The van der Waals surface area contributed by atoms with Crippen LogP contribution in [0.4, 0.5) is 10.1 Å². The van der Waals surface area contributed by atoms with Crippen molar-refractivity contribution in [2.45, 2.75) is 13.2 Å². The van der Waals surface area contributed by atoms with Gasteiger partial charge in [0.05, 0.1) is 5.69 Å². The van der Waals surface area contributed by atoms with Gasteiger partial charge < -0.3 is 15.0 Å². The van der Waals surface area contributed by atoms with Crippen molar-refractivity contribution in [1.29, 1.82) is 0 Å². The molecule has 0 spiro atoms. The molecule has 0 bridgehead atoms. The fraction of sp³-hybridized carbons (Fsp3) is 0.462. The topological polar surface area (TPSA) is 48.9 Å². The minimum Gasteiger partial charge on any atom is -0.451 e. The summed E-state index contributed by atoms with van der Waals surface area (Å²) < 4.78 is 19.5. The second kappa shape index (κ2) is 5.05. The molecule has 19 heavy (non-hydrogen) atoms. The Kier molecular flexibility index (Phi) is 3.25. The van der Waals surface area contributed by atoms with Gasteiger partial charge in [0.25, 0.3) is 0 Å². The Morgan fingerprint density at radius 2 is 2.16 bits per heavy atom. The van der Waals surface area contributed by atoms with Crippen LogP contribution in [0.2, 0.25) is 0 Å². The molecule has 1 atom stereocenters. The van der Waals surface area contributed by atoms with Crippen molar-refractivity contribution >= 4 is 11.6 Å². The summed E-state index contributed by atoms with van der Waals surface area (Å²) in [5, 5.41) is 7.25. The van der Waals surface area contributed by atoms with E-state index in [0.717, 1.165) is 31.7 Å². The monoisotopic (exact) mass is 264 g/mol. The van der Waals surface area contributed by atoms with Gasteiger partial charge in [-0.05, 0) is 12.1 Å². The van der Waals surface area contributed by atoms with Crippen LogP contribution in [0.1, 0.15) is 18.7 Å². The van der Waals surface area contributed by atoms with Gasteiger partial charge in [-0.25, -0.2) is 4.39 Å². The molecule has 0 radical (unpaired) electrons. The fourth-order valence-corrected chi connectivity index (χ4v) is 2.36. The number of hydrazone groups is 1. The van der Waals surface area contributed by atoms with Crippen molar-refractivity contribution in [3.8, 4) is 0 Å². The summed E-state index contributed by atoms with van der Waals surface area (Å²) in [6.07, 6.45) is -0.317. The van der Waals surface area contributed by atoms with Gasteiger partial charge in [0.15, 0.2) is 0 Å². The predicted octanol–water partition coefficient (Wildman–Crippen LogP) is 1.19. The third-order valence-electron chi connectivity index (χ3n) is 3.36. The van der Waals surface area contributed by atoms with Crippen LogP contribution in [0, 0.1) is 5.82 Å². The Hall–Kier alpha value is -1.82. The van der Waals surface area contributed by atoms with Crippen LogP contribution in [-0.4, -0.2) is 32.1 Å². The van der Waals surface area contributed by atoms with Crippen molar-refractivity contribution in [2.75, 3.05) is 31.1 Å². The van der Waals surface area contributed by atoms with Crippen molar-refractivity contribution in [1.82, 2.24) is 10.7 Å². The normalized spacial score (nSPS) is 22.7. The molecule has 2 aliphatic heterocycles. The van der Waals surface area contributed by atoms with Gasteiger partial charge in [-0.2, -0.15) is 0 Å². The maximum Gasteiger partial charge on any atom is 0.212 e. The minimum atomic E-state index is -0.317. The molecule has 102 valence electrons. The number of rotatable bonds is 2. The van der Waals surface area contributed by atoms with Crippen LogP contribution in [0.5, 0.6) is 0 Å². The van der Waals surface area contributed by atoms with Crippen LogP contribution in [0.15, 0.2) is 23.3 Å². The predicted molar refractivity (Wildman–Crippen MR) is 71.6 cm³/mol. The van der Waals surface area contributed by atoms with Gasteiger partial charge in [0.1, 0.15) is 5.82 Å². The number of hydrogen-bond donors (Lipinski definition) is 2. The highest BCUT2D eigenvalue weighted by Gasteiger charge is 2.21. The van der Waals surface area contributed by atoms with E-state index in [4.69, 9.17) is 4.74 Å². The average molecular weight is 264 g/mol. The molecule has 6 heteroatoms. The number of nitrogens with one attached hydrogen (secondary N) is 2. The number of nitrogens with zero attached hydrogens (tertiary/aromatic N) is 2. The number of hydrogen-bond acceptors (Lipinski definition) is 5. The highest BCUT2D eigenvalue weighted by atomic mass is 19.1. The maximum atomic E-state index is 14.0. The molecule has 1 saturated heterocycles. The van der Waals surface area contributed by atoms with E-state index in [0.29, 0.717) is 11.6 Å². The fourth-order valence-electron chi connectivity index (χ4n) is 2.36. The highest BCUT2D eigenvalue weighted by Crippen LogP contribution is 2.26. The van der Waals surface area contributed by atoms with Gasteiger partial charge in [-0.3, -0.25) is 5.43 Å². The molecule has 0 aromatic heterocycles. The van der Waals surface area contributed by atoms with E-state index >= 15 is 0 Å². The van der Waals surface area contributed by atoms with E-state index in [1.807, 2.05) is 6.07 Å². The van der Waals surface area contributed by atoms with Crippen LogP contribution in [0.3, 0.4) is 0 Å². The lowest BCUT2D eigenvalue weighted by Gasteiger charge is -2.30. The Bertz CT molecular complexity index is 499. The lowest BCUT2D eigenvalue weighted by molar-refractivity contribution is 0.189. The molecule has 3 rings (SSSR count). The molecule has 2 N–H and O–H groups in total. The number of halogens is 1. The molecule has 0 saturated carbocycles. The summed E-state index contributed by atoms with van der Waals surface area (Å²) in [6.45, 7) is 5.17. The second-order valence-electron chi connectivity index (χ2n) is 4.71. The molecular formula is C13H17FN4O. The van der Waals surface area contributed by atoms with Crippen LogP contribution in [0.25, 0.3) is 0 Å². The van der Waals surface area contributed by atoms with Gasteiger partial charge in [-0.15, -0.1) is 5.10 Å². The Morgan fingerprint density at radius 3 is 2.84 bits per heavy atom. The average Bonchev–Trinajstić information content (AvgIpc) is 2.87. The maximum absolute atomic E-state index is 14.0. The standard InChI is InChI=1S/C13H17FN4O/c1-9-16-17-13(19-9)10-2-3-11(14)12(8-10)18-6-4-15-5-7-18/h2-3,8,13,15,17H,4-7H2,1H3. The lowest BCUT2D eigenvalue weighted by Crippen LogP contribution is -2.44. The zero-order valence-corrected chi connectivity index (χ0v) is 10.8. The first-order valence-corrected chi connectivity index (χ1v) is 6.45. The van der Waals surface area contributed by atoms with Crippen LogP contribution < -0.4 is 15.6 Å². The summed E-state index contributed by atoms with van der Waals surface area (Å²) in [7, 11) is 0. The minimum absolute atomic E-state index is 0.193. The molecular weight excluding hydrogens is 247 g/mol. The molecule has 2 heterocycles. The summed E-state index contributed by atoms with van der Waals surface area (Å²) in [6, 6.07) is 5.06. The van der Waals surface area contributed by atoms with Crippen molar-refractivity contribution < 1.29 is 9.13 Å². The van der Waals surface area contributed by atoms with Crippen molar-refractivity contribution in [2.24, 2.45) is 5.10 Å². The van der Waals surface area contributed by atoms with Gasteiger partial charge in [0.2, 0.25) is 12.1 Å². The molecule has 0 amide bonds. The van der Waals surface area contributed by atoms with Crippen LogP contribution >= 0.6 is 0 Å². The van der Waals surface area contributed by atoms with Gasteiger partial charge in [0, 0.05) is 38.7 Å². The van der Waals surface area contributed by atoms with E-state index in [-0.39, 0.29) is 12.0 Å². The number of anilines is 1. The van der Waals surface area contributed by atoms with Crippen molar-refractivity contribution in [3.63, 3.8) is 0 Å². The first-order valence-electron chi connectivity index (χ1n) is 6.45. The Balaban J connectivity index is 1.83. The van der Waals surface area contributed by atoms with E-state index < -0.39 is 0 Å². The summed E-state index contributed by atoms with van der Waals surface area (Å²) in [5.74, 6) is 0.402. The molecule has 1 aromatic rings. The molecule has 1 unspecified atom stereocenters. The van der Waals surface area contributed by atoms with Gasteiger partial charge in [-0.1, -0.05) is 6.07 Å². The van der Waals surface area contributed by atoms with Crippen molar-refractivity contribution in [3.05, 3.63) is 29.6 Å². The Labute approximate surface area is 111 Å². The zero-order chi connectivity index (χ0) is 13.2. The van der Waals surface area contributed by atoms with Crippen LogP contribution in [-0.2, 0) is 4.74 Å². The highest BCUT2D eigenvalue weighted by molar-refractivity contribution is 5.74. The van der Waals surface area contributed by atoms with E-state index in [9.17, 15) is 4.39 Å². The quantitative estimate of drug-likeness (QED) is 0.842. The van der Waals surface area contributed by atoms with E-state index in [2.05, 4.69) is 20.7 Å². The summed E-state index contributed by atoms with van der Waals surface area (Å²) >= 11 is 0. The van der Waals surface area contributed by atoms with Gasteiger partial charge >= 0.3 is 0 Å². The van der Waals surface area contributed by atoms with E-state index in [1.165, 1.54) is 6.07 Å². The smallest absolute Gasteiger partial charge is 0.212 e. The third kappa shape index (κ3) is 2.49. The molecule has 1 aromatic carbocycles. The molecule has 1 fully saturated rings. The first kappa shape index (κ1) is 12.2. The third-order valence-corrected chi connectivity index (χ3v) is 3.36. The summed E-state index contributed by atoms with van der Waals surface area (Å²) in [5.41, 5.74) is 4.40. The number of ether oxygens (including phenoxy) is 1. The molecule has 2 aliphatic rings. The largest absolute Gasteiger partial charge is 0.451 e. The summed E-state index contributed by atoms with van der Waals surface area (Å²) in [4.78, 5) is 2.05. The first-order chi connectivity index (χ1) is 9.24. The molecule has 0 aliphatic carbocycles. The molecule has 5 nitrogen and oxygen atoms in total.